The molecule has 134 valence electrons. The van der Waals surface area contributed by atoms with Crippen molar-refractivity contribution in [2.24, 2.45) is 5.73 Å². The molecule has 1 amide bonds. The summed E-state index contributed by atoms with van der Waals surface area (Å²) in [6.07, 6.45) is 2.49. The monoisotopic (exact) mass is 363 g/mol. The summed E-state index contributed by atoms with van der Waals surface area (Å²) in [7, 11) is 1.45. The van der Waals surface area contributed by atoms with Crippen LogP contribution in [-0.2, 0) is 0 Å². The topological polar surface area (TPSA) is 98.4 Å². The molecule has 0 bridgehead atoms. The number of benzene rings is 1. The van der Waals surface area contributed by atoms with Crippen molar-refractivity contribution in [3.05, 3.63) is 28.9 Å². The number of rotatable bonds is 5. The standard InChI is InChI=1S/C17H22ClN5O2/c1-22(17(19)20)16(24)13-10-11-12(18)4-5-14(15(11)21-13)25-9-8-23-6-2-3-7-23/h4-5,10,21H,2-3,6-9H2,1H3,(H3,19,20). The van der Waals surface area contributed by atoms with Crippen LogP contribution in [0.1, 0.15) is 23.3 Å². The molecule has 1 saturated heterocycles. The number of hydrogen-bond acceptors (Lipinski definition) is 4. The first kappa shape index (κ1) is 17.6. The number of halogens is 1. The summed E-state index contributed by atoms with van der Waals surface area (Å²) < 4.78 is 5.91. The van der Waals surface area contributed by atoms with Gasteiger partial charge in [-0.2, -0.15) is 0 Å². The maximum absolute atomic E-state index is 12.3. The molecule has 1 aliphatic rings. The van der Waals surface area contributed by atoms with E-state index in [1.54, 1.807) is 18.2 Å². The van der Waals surface area contributed by atoms with E-state index in [4.69, 9.17) is 27.5 Å². The second-order valence-electron chi connectivity index (χ2n) is 6.16. The van der Waals surface area contributed by atoms with Crippen molar-refractivity contribution in [1.82, 2.24) is 14.8 Å². The zero-order valence-corrected chi connectivity index (χ0v) is 14.9. The first-order valence-corrected chi connectivity index (χ1v) is 8.63. The van der Waals surface area contributed by atoms with Gasteiger partial charge in [-0.25, -0.2) is 0 Å². The SMILES string of the molecule is CN(C(=N)N)C(=O)c1cc2c(Cl)ccc(OCCN3CCCC3)c2[nH]1. The lowest BCUT2D eigenvalue weighted by Gasteiger charge is -2.15. The molecule has 7 nitrogen and oxygen atoms in total. The number of H-pyrrole nitrogens is 1. The predicted octanol–water partition coefficient (Wildman–Crippen LogP) is 2.26. The third-order valence-corrected chi connectivity index (χ3v) is 4.79. The van der Waals surface area contributed by atoms with E-state index in [0.29, 0.717) is 34.0 Å². The van der Waals surface area contributed by atoms with E-state index < -0.39 is 5.91 Å². The van der Waals surface area contributed by atoms with E-state index in [0.717, 1.165) is 24.5 Å². The number of nitrogens with two attached hydrogens (primary N) is 1. The van der Waals surface area contributed by atoms with Gasteiger partial charge in [0, 0.05) is 19.0 Å². The van der Waals surface area contributed by atoms with Crippen molar-refractivity contribution in [1.29, 1.82) is 5.41 Å². The first-order chi connectivity index (χ1) is 12.0. The Morgan fingerprint density at radius 2 is 2.16 bits per heavy atom. The minimum absolute atomic E-state index is 0.310. The number of likely N-dealkylation sites (tertiary alicyclic amines) is 1. The van der Waals surface area contributed by atoms with Crippen molar-refractivity contribution in [2.75, 3.05) is 33.3 Å². The highest BCUT2D eigenvalue weighted by molar-refractivity contribution is 6.35. The molecule has 4 N–H and O–H groups in total. The Labute approximate surface area is 151 Å². The summed E-state index contributed by atoms with van der Waals surface area (Å²) in [6, 6.07) is 5.22. The number of aromatic amines is 1. The number of carbonyl (C=O) groups excluding carboxylic acids is 1. The van der Waals surface area contributed by atoms with Gasteiger partial charge in [0.2, 0.25) is 0 Å². The predicted molar refractivity (Wildman–Crippen MR) is 98.5 cm³/mol. The normalized spacial score (nSPS) is 14.8. The van der Waals surface area contributed by atoms with Gasteiger partial charge in [0.15, 0.2) is 5.96 Å². The lowest BCUT2D eigenvalue weighted by molar-refractivity contribution is 0.0864. The molecule has 0 atom stereocenters. The van der Waals surface area contributed by atoms with Gasteiger partial charge in [0.05, 0.1) is 10.5 Å². The van der Waals surface area contributed by atoms with Gasteiger partial charge in [0.1, 0.15) is 18.1 Å². The zero-order chi connectivity index (χ0) is 18.0. The average Bonchev–Trinajstić information content (AvgIpc) is 3.25. The molecule has 0 radical (unpaired) electrons. The Balaban J connectivity index is 1.80. The lowest BCUT2D eigenvalue weighted by Crippen LogP contribution is -2.38. The van der Waals surface area contributed by atoms with Gasteiger partial charge in [0.25, 0.3) is 5.91 Å². The van der Waals surface area contributed by atoms with Crippen LogP contribution < -0.4 is 10.5 Å². The molecule has 1 aromatic carbocycles. The van der Waals surface area contributed by atoms with Crippen LogP contribution >= 0.6 is 11.6 Å². The second kappa shape index (κ2) is 7.33. The molecular weight excluding hydrogens is 342 g/mol. The maximum atomic E-state index is 12.3. The molecule has 1 fully saturated rings. The molecule has 0 unspecified atom stereocenters. The molecule has 3 rings (SSSR count). The summed E-state index contributed by atoms with van der Waals surface area (Å²) >= 11 is 6.25. The number of hydrogen-bond donors (Lipinski definition) is 3. The Morgan fingerprint density at radius 1 is 1.44 bits per heavy atom. The number of nitrogens with zero attached hydrogens (tertiary/aromatic N) is 2. The number of carbonyl (C=O) groups is 1. The molecule has 0 spiro atoms. The highest BCUT2D eigenvalue weighted by atomic mass is 35.5. The van der Waals surface area contributed by atoms with E-state index in [9.17, 15) is 4.79 Å². The fourth-order valence-electron chi connectivity index (χ4n) is 2.98. The van der Waals surface area contributed by atoms with Crippen molar-refractivity contribution in [2.45, 2.75) is 12.8 Å². The fraction of sp³-hybridized carbons (Fsp3) is 0.412. The van der Waals surface area contributed by atoms with Crippen molar-refractivity contribution in [3.8, 4) is 5.75 Å². The van der Waals surface area contributed by atoms with Gasteiger partial charge in [-0.1, -0.05) is 11.6 Å². The number of aromatic nitrogens is 1. The largest absolute Gasteiger partial charge is 0.490 e. The van der Waals surface area contributed by atoms with E-state index >= 15 is 0 Å². The van der Waals surface area contributed by atoms with Crippen LogP contribution in [0, 0.1) is 5.41 Å². The van der Waals surface area contributed by atoms with Crippen molar-refractivity contribution in [3.63, 3.8) is 0 Å². The van der Waals surface area contributed by atoms with Crippen LogP contribution in [0.5, 0.6) is 5.75 Å². The third-order valence-electron chi connectivity index (χ3n) is 4.46. The highest BCUT2D eigenvalue weighted by Gasteiger charge is 2.19. The molecule has 0 saturated carbocycles. The first-order valence-electron chi connectivity index (χ1n) is 8.26. The molecule has 2 heterocycles. The van der Waals surface area contributed by atoms with Crippen molar-refractivity contribution < 1.29 is 9.53 Å². The molecule has 2 aromatic rings. The number of fused-ring (bicyclic) bond motifs is 1. The Hall–Kier alpha value is -2.25. The van der Waals surface area contributed by atoms with Gasteiger partial charge >= 0.3 is 0 Å². The molecule has 8 heteroatoms. The number of ether oxygens (including phenoxy) is 1. The van der Waals surface area contributed by atoms with Crippen LogP contribution in [0.4, 0.5) is 0 Å². The number of guanidine groups is 1. The quantitative estimate of drug-likeness (QED) is 0.560. The maximum Gasteiger partial charge on any atom is 0.276 e. The molecule has 1 aliphatic heterocycles. The zero-order valence-electron chi connectivity index (χ0n) is 14.1. The summed E-state index contributed by atoms with van der Waals surface area (Å²) in [5, 5.41) is 8.62. The average molecular weight is 364 g/mol. The molecule has 25 heavy (non-hydrogen) atoms. The Morgan fingerprint density at radius 3 is 2.84 bits per heavy atom. The van der Waals surface area contributed by atoms with E-state index in [-0.39, 0.29) is 5.96 Å². The van der Waals surface area contributed by atoms with Crippen LogP contribution in [0.25, 0.3) is 10.9 Å². The van der Waals surface area contributed by atoms with E-state index in [1.165, 1.54) is 19.9 Å². The summed E-state index contributed by atoms with van der Waals surface area (Å²) in [5.74, 6) is -0.0669. The molecular formula is C17H22ClN5O2. The van der Waals surface area contributed by atoms with Gasteiger partial charge in [-0.05, 0) is 44.1 Å². The highest BCUT2D eigenvalue weighted by Crippen LogP contribution is 2.32. The summed E-state index contributed by atoms with van der Waals surface area (Å²) in [4.78, 5) is 18.8. The minimum Gasteiger partial charge on any atom is -0.490 e. The smallest absolute Gasteiger partial charge is 0.276 e. The van der Waals surface area contributed by atoms with E-state index in [1.807, 2.05) is 0 Å². The van der Waals surface area contributed by atoms with Crippen LogP contribution in [0.3, 0.4) is 0 Å². The van der Waals surface area contributed by atoms with E-state index in [2.05, 4.69) is 9.88 Å². The number of nitrogens with one attached hydrogen (secondary N) is 2. The fourth-order valence-corrected chi connectivity index (χ4v) is 3.19. The van der Waals surface area contributed by atoms with Crippen LogP contribution in [0.2, 0.25) is 5.02 Å². The molecule has 1 aromatic heterocycles. The Kier molecular flexibility index (Phi) is 5.15. The van der Waals surface area contributed by atoms with Gasteiger partial charge in [-0.3, -0.25) is 20.0 Å². The van der Waals surface area contributed by atoms with Crippen LogP contribution in [-0.4, -0.2) is 59.9 Å². The second-order valence-corrected chi connectivity index (χ2v) is 6.57. The Bertz CT molecular complexity index is 798. The van der Waals surface area contributed by atoms with Gasteiger partial charge in [-0.15, -0.1) is 0 Å². The third kappa shape index (κ3) is 3.72. The molecule has 0 aliphatic carbocycles. The van der Waals surface area contributed by atoms with Gasteiger partial charge < -0.3 is 15.5 Å². The summed E-state index contributed by atoms with van der Waals surface area (Å²) in [6.45, 7) is 3.70. The lowest BCUT2D eigenvalue weighted by atomic mass is 10.2. The summed E-state index contributed by atoms with van der Waals surface area (Å²) in [5.41, 5.74) is 6.36. The minimum atomic E-state index is -0.400. The van der Waals surface area contributed by atoms with Crippen LogP contribution in [0.15, 0.2) is 18.2 Å². The van der Waals surface area contributed by atoms with Crippen molar-refractivity contribution >= 4 is 34.4 Å². The number of amides is 1.